The Balaban J connectivity index is 0. The van der Waals surface area contributed by atoms with Gasteiger partial charge in [-0.3, -0.25) is 14.4 Å². The van der Waals surface area contributed by atoms with Crippen molar-refractivity contribution in [2.45, 2.75) is 32.2 Å². The monoisotopic (exact) mass is 234 g/mol. The summed E-state index contributed by atoms with van der Waals surface area (Å²) in [6, 6.07) is -1.04. The van der Waals surface area contributed by atoms with E-state index < -0.39 is 18.0 Å². The molecule has 16 heavy (non-hydrogen) atoms. The van der Waals surface area contributed by atoms with Crippen LogP contribution in [0.4, 0.5) is 0 Å². The van der Waals surface area contributed by atoms with Crippen LogP contribution in [0.25, 0.3) is 0 Å². The van der Waals surface area contributed by atoms with E-state index in [1.807, 2.05) is 0 Å². The van der Waals surface area contributed by atoms with E-state index in [4.69, 9.17) is 21.7 Å². The number of carboxylic acid groups (broad SMARTS) is 2. The summed E-state index contributed by atoms with van der Waals surface area (Å²) in [7, 11) is 0. The Morgan fingerprint density at radius 3 is 1.88 bits per heavy atom. The van der Waals surface area contributed by atoms with Crippen molar-refractivity contribution < 1.29 is 24.6 Å². The van der Waals surface area contributed by atoms with Gasteiger partial charge < -0.3 is 21.7 Å². The highest BCUT2D eigenvalue weighted by Crippen LogP contribution is 1.87. The molecule has 94 valence electrons. The summed E-state index contributed by atoms with van der Waals surface area (Å²) in [5.41, 5.74) is 10.0. The number of nitrogens with two attached hydrogens (primary N) is 2. The summed E-state index contributed by atoms with van der Waals surface area (Å²) >= 11 is 0. The molecular weight excluding hydrogens is 216 g/mol. The lowest BCUT2D eigenvalue weighted by atomic mass is 10.2. The van der Waals surface area contributed by atoms with E-state index in [2.05, 4.69) is 0 Å². The predicted molar refractivity (Wildman–Crippen MR) is 56.8 cm³/mol. The van der Waals surface area contributed by atoms with Gasteiger partial charge >= 0.3 is 11.9 Å². The number of hydrogen-bond donors (Lipinski definition) is 4. The second kappa shape index (κ2) is 10.1. The highest BCUT2D eigenvalue weighted by Gasteiger charge is 2.12. The second-order valence-corrected chi connectivity index (χ2v) is 3.14. The second-order valence-electron chi connectivity index (χ2n) is 3.14. The molecule has 0 aromatic carbocycles. The van der Waals surface area contributed by atoms with Gasteiger partial charge in [0.2, 0.25) is 0 Å². The SMILES string of the molecule is CC(=O)C[C@H](N)C(=O)O.NCCCC(=O)O. The number of carbonyl (C=O) groups excluding carboxylic acids is 1. The molecule has 0 saturated carbocycles. The number of Topliss-reactive ketones (excluding diaryl/α,β-unsaturated/α-hetero) is 1. The molecule has 0 rings (SSSR count). The van der Waals surface area contributed by atoms with Gasteiger partial charge in [-0.15, -0.1) is 0 Å². The molecule has 7 heteroatoms. The largest absolute Gasteiger partial charge is 0.481 e. The van der Waals surface area contributed by atoms with Crippen molar-refractivity contribution in [3.05, 3.63) is 0 Å². The third-order valence-electron chi connectivity index (χ3n) is 1.42. The summed E-state index contributed by atoms with van der Waals surface area (Å²) in [6.45, 7) is 1.77. The van der Waals surface area contributed by atoms with Crippen LogP contribution in [0.15, 0.2) is 0 Å². The first-order valence-corrected chi connectivity index (χ1v) is 4.71. The maximum Gasteiger partial charge on any atom is 0.320 e. The van der Waals surface area contributed by atoms with E-state index in [-0.39, 0.29) is 18.6 Å². The van der Waals surface area contributed by atoms with E-state index in [1.54, 1.807) is 0 Å². The van der Waals surface area contributed by atoms with Crippen molar-refractivity contribution in [1.82, 2.24) is 0 Å². The van der Waals surface area contributed by atoms with E-state index in [0.29, 0.717) is 13.0 Å². The number of rotatable bonds is 6. The van der Waals surface area contributed by atoms with Gasteiger partial charge in [-0.05, 0) is 19.9 Å². The van der Waals surface area contributed by atoms with Crippen LogP contribution in [0.1, 0.15) is 26.2 Å². The average molecular weight is 234 g/mol. The Morgan fingerprint density at radius 2 is 1.75 bits per heavy atom. The Hall–Kier alpha value is -1.47. The molecule has 0 spiro atoms. The van der Waals surface area contributed by atoms with Crippen molar-refractivity contribution >= 4 is 17.7 Å². The van der Waals surface area contributed by atoms with Gasteiger partial charge in [0.15, 0.2) is 0 Å². The normalized spacial score (nSPS) is 10.9. The lowest BCUT2D eigenvalue weighted by molar-refractivity contribution is -0.140. The summed E-state index contributed by atoms with van der Waals surface area (Å²) in [5.74, 6) is -2.11. The van der Waals surface area contributed by atoms with Crippen molar-refractivity contribution in [1.29, 1.82) is 0 Å². The number of carboxylic acids is 2. The van der Waals surface area contributed by atoms with Crippen LogP contribution in [0.3, 0.4) is 0 Å². The van der Waals surface area contributed by atoms with Crippen LogP contribution in [0, 0.1) is 0 Å². The third kappa shape index (κ3) is 15.0. The van der Waals surface area contributed by atoms with Crippen LogP contribution in [0.2, 0.25) is 0 Å². The summed E-state index contributed by atoms with van der Waals surface area (Å²) in [5, 5.41) is 16.1. The lowest BCUT2D eigenvalue weighted by Gasteiger charge is -2.00. The minimum Gasteiger partial charge on any atom is -0.481 e. The Labute approximate surface area is 93.4 Å². The molecule has 0 unspecified atom stereocenters. The molecule has 0 aromatic heterocycles. The standard InChI is InChI=1S/C5H9NO3.C4H9NO2/c1-3(7)2-4(6)5(8)9;5-3-1-2-4(6)7/h4H,2,6H2,1H3,(H,8,9);1-3,5H2,(H,6,7)/t4-;/m0./s1. The first-order chi connectivity index (χ1) is 7.31. The zero-order chi connectivity index (χ0) is 13.1. The molecule has 0 aromatic rings. The van der Waals surface area contributed by atoms with Crippen molar-refractivity contribution in [3.8, 4) is 0 Å². The van der Waals surface area contributed by atoms with Crippen LogP contribution in [-0.2, 0) is 14.4 Å². The topological polar surface area (TPSA) is 144 Å². The molecule has 0 saturated heterocycles. The van der Waals surface area contributed by atoms with Crippen molar-refractivity contribution in [2.24, 2.45) is 11.5 Å². The smallest absolute Gasteiger partial charge is 0.320 e. The Morgan fingerprint density at radius 1 is 1.25 bits per heavy atom. The van der Waals surface area contributed by atoms with Gasteiger partial charge in [-0.25, -0.2) is 0 Å². The van der Waals surface area contributed by atoms with Gasteiger partial charge in [0.05, 0.1) is 0 Å². The number of aliphatic carboxylic acids is 2. The zero-order valence-electron chi connectivity index (χ0n) is 9.18. The number of carbonyl (C=O) groups is 3. The van der Waals surface area contributed by atoms with Gasteiger partial charge in [-0.2, -0.15) is 0 Å². The van der Waals surface area contributed by atoms with Crippen LogP contribution in [-0.4, -0.2) is 40.5 Å². The van der Waals surface area contributed by atoms with Crippen LogP contribution < -0.4 is 11.5 Å². The highest BCUT2D eigenvalue weighted by atomic mass is 16.4. The molecule has 0 bridgehead atoms. The molecule has 0 heterocycles. The number of hydrogen-bond acceptors (Lipinski definition) is 5. The maximum atomic E-state index is 10.2. The van der Waals surface area contributed by atoms with E-state index in [0.717, 1.165) is 0 Å². The molecule has 0 aliphatic rings. The van der Waals surface area contributed by atoms with Gasteiger partial charge in [0.1, 0.15) is 11.8 Å². The van der Waals surface area contributed by atoms with Gasteiger partial charge in [0.25, 0.3) is 0 Å². The minimum atomic E-state index is -1.13. The van der Waals surface area contributed by atoms with E-state index >= 15 is 0 Å². The van der Waals surface area contributed by atoms with Crippen molar-refractivity contribution in [2.75, 3.05) is 6.54 Å². The van der Waals surface area contributed by atoms with E-state index in [1.165, 1.54) is 6.92 Å². The Kier molecular flexibility index (Phi) is 10.7. The number of ketones is 1. The molecule has 0 amide bonds. The highest BCUT2D eigenvalue weighted by molar-refractivity contribution is 5.83. The summed E-state index contributed by atoms with van der Waals surface area (Å²) < 4.78 is 0. The van der Waals surface area contributed by atoms with Crippen molar-refractivity contribution in [3.63, 3.8) is 0 Å². The van der Waals surface area contributed by atoms with Gasteiger partial charge in [-0.1, -0.05) is 0 Å². The van der Waals surface area contributed by atoms with Crippen LogP contribution >= 0.6 is 0 Å². The molecule has 0 radical (unpaired) electrons. The zero-order valence-corrected chi connectivity index (χ0v) is 9.18. The first kappa shape index (κ1) is 16.9. The predicted octanol–water partition coefficient (Wildman–Crippen LogP) is -0.813. The molecule has 1 atom stereocenters. The van der Waals surface area contributed by atoms with E-state index in [9.17, 15) is 14.4 Å². The fourth-order valence-electron chi connectivity index (χ4n) is 0.650. The molecular formula is C9H18N2O5. The molecule has 0 aliphatic carbocycles. The van der Waals surface area contributed by atoms with Crippen LogP contribution in [0.5, 0.6) is 0 Å². The molecule has 0 fully saturated rings. The maximum absolute atomic E-state index is 10.2. The minimum absolute atomic E-state index is 0.0880. The average Bonchev–Trinajstić information content (AvgIpc) is 2.14. The molecule has 6 N–H and O–H groups in total. The molecule has 7 nitrogen and oxygen atoms in total. The lowest BCUT2D eigenvalue weighted by Crippen LogP contribution is -2.31. The Bertz CT molecular complexity index is 242. The summed E-state index contributed by atoms with van der Waals surface area (Å²) in [4.78, 5) is 29.9. The molecule has 0 aliphatic heterocycles. The quantitative estimate of drug-likeness (QED) is 0.470. The fraction of sp³-hybridized carbons (Fsp3) is 0.667. The first-order valence-electron chi connectivity index (χ1n) is 4.71. The third-order valence-corrected chi connectivity index (χ3v) is 1.42. The fourth-order valence-corrected chi connectivity index (χ4v) is 0.650. The summed E-state index contributed by atoms with van der Waals surface area (Å²) in [6.07, 6.45) is 0.682. The van der Waals surface area contributed by atoms with Gasteiger partial charge in [0, 0.05) is 12.8 Å².